The predicted octanol–water partition coefficient (Wildman–Crippen LogP) is 3.74. The Morgan fingerprint density at radius 1 is 1.24 bits per heavy atom. The fourth-order valence-electron chi connectivity index (χ4n) is 3.30. The number of likely N-dealkylation sites (N-methyl/N-ethyl adjacent to an activating group) is 1. The molecule has 0 unspecified atom stereocenters. The molecule has 9 heteroatoms. The molecule has 0 spiro atoms. The van der Waals surface area contributed by atoms with E-state index in [0.29, 0.717) is 35.2 Å². The number of halogens is 2. The van der Waals surface area contributed by atoms with Crippen LogP contribution in [0.2, 0.25) is 10.0 Å². The Labute approximate surface area is 180 Å². The minimum atomic E-state index is -0.362. The molecule has 29 heavy (non-hydrogen) atoms. The average molecular weight is 438 g/mol. The lowest BCUT2D eigenvalue weighted by Gasteiger charge is -2.21. The van der Waals surface area contributed by atoms with Crippen LogP contribution in [0, 0.1) is 0 Å². The van der Waals surface area contributed by atoms with Gasteiger partial charge in [-0.25, -0.2) is 9.78 Å². The lowest BCUT2D eigenvalue weighted by atomic mass is 10.2. The number of nitrogens with one attached hydrogen (secondary N) is 2. The van der Waals surface area contributed by atoms with E-state index in [-0.39, 0.29) is 18.5 Å². The zero-order valence-corrected chi connectivity index (χ0v) is 17.9. The van der Waals surface area contributed by atoms with Gasteiger partial charge in [-0.1, -0.05) is 29.3 Å². The molecule has 7 nitrogen and oxygen atoms in total. The zero-order valence-electron chi connectivity index (χ0n) is 16.4. The van der Waals surface area contributed by atoms with Crippen molar-refractivity contribution in [1.82, 2.24) is 19.8 Å². The zero-order chi connectivity index (χ0) is 20.8. The number of carbonyl (C=O) groups is 2. The average Bonchev–Trinajstić information content (AvgIpc) is 3.11. The van der Waals surface area contributed by atoms with Crippen molar-refractivity contribution in [2.24, 2.45) is 0 Å². The van der Waals surface area contributed by atoms with Gasteiger partial charge in [0, 0.05) is 38.7 Å². The summed E-state index contributed by atoms with van der Waals surface area (Å²) in [6, 6.07) is 4.68. The minimum Gasteiger partial charge on any atom is -0.338 e. The maximum Gasteiger partial charge on any atom is 0.317 e. The van der Waals surface area contributed by atoms with Gasteiger partial charge in [-0.05, 0) is 31.9 Å². The Hall–Kier alpha value is -2.25. The molecule has 0 aliphatic carbocycles. The summed E-state index contributed by atoms with van der Waals surface area (Å²) in [7, 11) is 0. The van der Waals surface area contributed by atoms with Gasteiger partial charge in [-0.3, -0.25) is 4.79 Å². The third-order valence-corrected chi connectivity index (χ3v) is 5.48. The van der Waals surface area contributed by atoms with Gasteiger partial charge in [0.15, 0.2) is 0 Å². The number of imidazole rings is 1. The third-order valence-electron chi connectivity index (χ3n) is 4.85. The number of hydrogen-bond donors (Lipinski definition) is 2. The molecule has 156 valence electrons. The maximum atomic E-state index is 12.4. The van der Waals surface area contributed by atoms with Crippen molar-refractivity contribution < 1.29 is 9.59 Å². The number of fused-ring (bicyclic) bond motifs is 1. The number of rotatable bonds is 7. The summed E-state index contributed by atoms with van der Waals surface area (Å²) in [6.07, 6.45) is 6.11. The van der Waals surface area contributed by atoms with Crippen molar-refractivity contribution in [3.8, 4) is 0 Å². The highest BCUT2D eigenvalue weighted by atomic mass is 35.5. The highest BCUT2D eigenvalue weighted by molar-refractivity contribution is 6.39. The number of amides is 3. The number of urea groups is 1. The van der Waals surface area contributed by atoms with Crippen LogP contribution in [-0.4, -0.2) is 46.0 Å². The smallest absolute Gasteiger partial charge is 0.317 e. The summed E-state index contributed by atoms with van der Waals surface area (Å²) in [5, 5.41) is 6.23. The molecule has 2 heterocycles. The molecule has 1 aliphatic heterocycles. The third kappa shape index (κ3) is 5.64. The first kappa shape index (κ1) is 21.5. The summed E-state index contributed by atoms with van der Waals surface area (Å²) in [4.78, 5) is 30.8. The molecule has 0 fully saturated rings. The Morgan fingerprint density at radius 3 is 2.69 bits per heavy atom. The Morgan fingerprint density at radius 2 is 2.00 bits per heavy atom. The summed E-state index contributed by atoms with van der Waals surface area (Å²) in [6.45, 7) is 3.60. The fourth-order valence-corrected chi connectivity index (χ4v) is 3.79. The molecule has 0 saturated heterocycles. The summed E-state index contributed by atoms with van der Waals surface area (Å²) in [5.74, 6) is 0.765. The number of aryl methyl sites for hydroxylation is 2. The molecule has 0 atom stereocenters. The topological polar surface area (TPSA) is 79.3 Å². The number of carbonyl (C=O) groups excluding carboxylic acids is 2. The van der Waals surface area contributed by atoms with E-state index in [2.05, 4.69) is 26.4 Å². The van der Waals surface area contributed by atoms with Gasteiger partial charge in [0.05, 0.1) is 21.4 Å². The van der Waals surface area contributed by atoms with Crippen molar-refractivity contribution in [3.05, 3.63) is 46.0 Å². The normalized spacial score (nSPS) is 12.9. The van der Waals surface area contributed by atoms with Crippen molar-refractivity contribution >= 4 is 40.8 Å². The molecular formula is C20H25Cl2N5O2. The molecule has 1 aromatic carbocycles. The first-order valence-electron chi connectivity index (χ1n) is 9.79. The van der Waals surface area contributed by atoms with E-state index in [1.165, 1.54) is 17.7 Å². The first-order chi connectivity index (χ1) is 14.0. The van der Waals surface area contributed by atoms with Crippen LogP contribution in [-0.2, 0) is 24.2 Å². The summed E-state index contributed by atoms with van der Waals surface area (Å²) < 4.78 is 2.20. The van der Waals surface area contributed by atoms with Crippen LogP contribution in [0.15, 0.2) is 24.4 Å². The van der Waals surface area contributed by atoms with Crippen molar-refractivity contribution in [3.63, 3.8) is 0 Å². The monoisotopic (exact) mass is 437 g/mol. The lowest BCUT2D eigenvalue weighted by Crippen LogP contribution is -2.44. The second-order valence-corrected chi connectivity index (χ2v) is 7.75. The highest BCUT2D eigenvalue weighted by Crippen LogP contribution is 2.29. The van der Waals surface area contributed by atoms with E-state index in [1.54, 1.807) is 18.2 Å². The Bertz CT molecular complexity index is 840. The summed E-state index contributed by atoms with van der Waals surface area (Å²) in [5.41, 5.74) is 1.33. The molecule has 3 amide bonds. The molecule has 0 bridgehead atoms. The van der Waals surface area contributed by atoms with Crippen LogP contribution in [0.4, 0.5) is 10.5 Å². The number of nitrogens with zero attached hydrogens (tertiary/aromatic N) is 3. The van der Waals surface area contributed by atoms with Crippen molar-refractivity contribution in [1.29, 1.82) is 0 Å². The van der Waals surface area contributed by atoms with Crippen molar-refractivity contribution in [2.45, 2.75) is 39.2 Å². The van der Waals surface area contributed by atoms with Gasteiger partial charge in [0.1, 0.15) is 12.4 Å². The number of para-hydroxylation sites is 1. The highest BCUT2D eigenvalue weighted by Gasteiger charge is 2.17. The Balaban J connectivity index is 1.48. The molecule has 0 saturated carbocycles. The second-order valence-electron chi connectivity index (χ2n) is 6.94. The molecule has 2 N–H and O–H groups in total. The Kier molecular flexibility index (Phi) is 7.39. The quantitative estimate of drug-likeness (QED) is 0.692. The van der Waals surface area contributed by atoms with Crippen LogP contribution in [0.3, 0.4) is 0 Å². The lowest BCUT2D eigenvalue weighted by molar-refractivity contribution is -0.116. The SMILES string of the molecule is CCN(CC(=O)Nc1c(Cl)cccc1Cl)C(=O)NCCc1cn2c(n1)CCCC2. The van der Waals surface area contributed by atoms with Crippen LogP contribution >= 0.6 is 23.2 Å². The van der Waals surface area contributed by atoms with Crippen LogP contribution in [0.25, 0.3) is 0 Å². The van der Waals surface area contributed by atoms with Gasteiger partial charge in [-0.15, -0.1) is 0 Å². The molecule has 2 aromatic rings. The van der Waals surface area contributed by atoms with E-state index in [1.807, 2.05) is 6.92 Å². The van der Waals surface area contributed by atoms with Gasteiger partial charge in [0.25, 0.3) is 0 Å². The summed E-state index contributed by atoms with van der Waals surface area (Å²) >= 11 is 12.1. The van der Waals surface area contributed by atoms with E-state index >= 15 is 0 Å². The molecule has 1 aromatic heterocycles. The van der Waals surface area contributed by atoms with Gasteiger partial charge >= 0.3 is 6.03 Å². The van der Waals surface area contributed by atoms with E-state index in [0.717, 1.165) is 24.5 Å². The standard InChI is InChI=1S/C20H25Cl2N5O2/c1-2-26(13-18(28)25-19-15(21)6-5-7-16(19)22)20(29)23-10-9-14-12-27-11-4-3-8-17(27)24-14/h5-7,12H,2-4,8-11,13H2,1H3,(H,23,29)(H,25,28). The van der Waals surface area contributed by atoms with Gasteiger partial charge in [-0.2, -0.15) is 0 Å². The van der Waals surface area contributed by atoms with Crippen LogP contribution in [0.1, 0.15) is 31.3 Å². The first-order valence-corrected chi connectivity index (χ1v) is 10.5. The van der Waals surface area contributed by atoms with E-state index < -0.39 is 0 Å². The number of aromatic nitrogens is 2. The van der Waals surface area contributed by atoms with Crippen molar-refractivity contribution in [2.75, 3.05) is 25.0 Å². The number of hydrogen-bond acceptors (Lipinski definition) is 3. The number of anilines is 1. The molecule has 0 radical (unpaired) electrons. The number of benzene rings is 1. The second kappa shape index (κ2) is 9.98. The van der Waals surface area contributed by atoms with E-state index in [4.69, 9.17) is 23.2 Å². The van der Waals surface area contributed by atoms with Crippen LogP contribution < -0.4 is 10.6 Å². The van der Waals surface area contributed by atoms with Gasteiger partial charge < -0.3 is 20.1 Å². The maximum absolute atomic E-state index is 12.4. The van der Waals surface area contributed by atoms with Gasteiger partial charge in [0.2, 0.25) is 5.91 Å². The fraction of sp³-hybridized carbons (Fsp3) is 0.450. The van der Waals surface area contributed by atoms with Crippen LogP contribution in [0.5, 0.6) is 0 Å². The minimum absolute atomic E-state index is 0.0946. The van der Waals surface area contributed by atoms with E-state index in [9.17, 15) is 9.59 Å². The molecule has 3 rings (SSSR count). The molecular weight excluding hydrogens is 413 g/mol. The predicted molar refractivity (Wildman–Crippen MR) is 115 cm³/mol. The molecule has 1 aliphatic rings. The largest absolute Gasteiger partial charge is 0.338 e.